The van der Waals surface area contributed by atoms with E-state index >= 15 is 0 Å². The molecule has 56 heavy (non-hydrogen) atoms. The zero-order valence-electron chi connectivity index (χ0n) is 30.6. The van der Waals surface area contributed by atoms with E-state index in [-0.39, 0.29) is 25.5 Å². The lowest BCUT2D eigenvalue weighted by atomic mass is 9.96. The summed E-state index contributed by atoms with van der Waals surface area (Å²) in [6.07, 6.45) is -0.598. The molecule has 1 aliphatic rings. The van der Waals surface area contributed by atoms with E-state index in [0.29, 0.717) is 76.4 Å². The van der Waals surface area contributed by atoms with Crippen LogP contribution in [0.4, 0.5) is 16.2 Å². The van der Waals surface area contributed by atoms with Crippen LogP contribution in [0.5, 0.6) is 0 Å². The number of carboxylic acids is 2. The molecule has 0 saturated heterocycles. The molecule has 3 aromatic carbocycles. The Kier molecular flexibility index (Phi) is 15.6. The Morgan fingerprint density at radius 3 is 2.07 bits per heavy atom. The maximum Gasteiger partial charge on any atom is 0.326 e. The molecule has 4 aromatic rings. The van der Waals surface area contributed by atoms with Gasteiger partial charge in [0.15, 0.2) is 0 Å². The van der Waals surface area contributed by atoms with Gasteiger partial charge in [-0.2, -0.15) is 0 Å². The summed E-state index contributed by atoms with van der Waals surface area (Å²) in [4.78, 5) is 46.1. The number of hydroxylamine groups is 1. The van der Waals surface area contributed by atoms with Crippen LogP contribution in [0.2, 0.25) is 0 Å². The van der Waals surface area contributed by atoms with Gasteiger partial charge in [0, 0.05) is 29.8 Å². The summed E-state index contributed by atoms with van der Waals surface area (Å²) < 4.78 is 24.2. The molecule has 0 spiro atoms. The molecule has 0 bridgehead atoms. The van der Waals surface area contributed by atoms with Crippen molar-refractivity contribution in [2.75, 3.05) is 63.2 Å². The average Bonchev–Trinajstić information content (AvgIpc) is 3.60. The van der Waals surface area contributed by atoms with Crippen molar-refractivity contribution in [3.8, 4) is 22.5 Å². The van der Waals surface area contributed by atoms with Crippen LogP contribution in [0.25, 0.3) is 22.5 Å². The normalized spacial score (nSPS) is 12.3. The van der Waals surface area contributed by atoms with Crippen LogP contribution in [0, 0.1) is 0 Å². The van der Waals surface area contributed by atoms with Crippen molar-refractivity contribution in [2.24, 2.45) is 0 Å². The van der Waals surface area contributed by atoms with Crippen molar-refractivity contribution in [3.05, 3.63) is 83.9 Å². The molecule has 1 aliphatic heterocycles. The van der Waals surface area contributed by atoms with E-state index in [0.717, 1.165) is 27.9 Å². The summed E-state index contributed by atoms with van der Waals surface area (Å²) in [5, 5.41) is 46.1. The number of anilines is 2. The molecular formula is C38H45N7O11. The molecular weight excluding hydrogens is 730 g/mol. The van der Waals surface area contributed by atoms with Crippen molar-refractivity contribution in [1.29, 1.82) is 0 Å². The summed E-state index contributed by atoms with van der Waals surface area (Å²) in [7, 11) is 0. The van der Waals surface area contributed by atoms with Crippen LogP contribution in [0.3, 0.4) is 0 Å². The van der Waals surface area contributed by atoms with E-state index in [1.54, 1.807) is 24.3 Å². The molecule has 6 N–H and O–H groups in total. The predicted molar refractivity (Wildman–Crippen MR) is 201 cm³/mol. The van der Waals surface area contributed by atoms with Crippen LogP contribution in [0.15, 0.2) is 72.8 Å². The molecule has 18 nitrogen and oxygen atoms in total. The number of urea groups is 1. The minimum atomic E-state index is -1.57. The second kappa shape index (κ2) is 21.2. The van der Waals surface area contributed by atoms with Crippen molar-refractivity contribution >= 4 is 35.3 Å². The van der Waals surface area contributed by atoms with Gasteiger partial charge in [0.1, 0.15) is 11.7 Å². The highest BCUT2D eigenvalue weighted by Crippen LogP contribution is 2.40. The van der Waals surface area contributed by atoms with Gasteiger partial charge in [0.25, 0.3) is 0 Å². The van der Waals surface area contributed by atoms with Crippen molar-refractivity contribution in [3.63, 3.8) is 0 Å². The van der Waals surface area contributed by atoms with Gasteiger partial charge >= 0.3 is 18.0 Å². The Labute approximate surface area is 322 Å². The molecule has 1 aromatic heterocycles. The zero-order chi connectivity index (χ0) is 39.7. The number of hydrogen-bond acceptors (Lipinski definition) is 12. The van der Waals surface area contributed by atoms with Crippen LogP contribution < -0.4 is 21.0 Å². The Morgan fingerprint density at radius 2 is 1.39 bits per heavy atom. The van der Waals surface area contributed by atoms with E-state index in [2.05, 4.69) is 26.3 Å². The van der Waals surface area contributed by atoms with Gasteiger partial charge in [-0.15, -0.1) is 5.10 Å². The lowest BCUT2D eigenvalue weighted by molar-refractivity contribution is -0.145. The van der Waals surface area contributed by atoms with E-state index in [9.17, 15) is 24.4 Å². The Balaban J connectivity index is 0.876. The lowest BCUT2D eigenvalue weighted by Gasteiger charge is -2.24. The lowest BCUT2D eigenvalue weighted by Crippen LogP contribution is -2.44. The van der Waals surface area contributed by atoms with Gasteiger partial charge < -0.3 is 45.1 Å². The fraction of sp³-hybridized carbons (Fsp3) is 0.368. The number of hydrogen-bond donors (Lipinski definition) is 6. The predicted octanol–water partition coefficient (Wildman–Crippen LogP) is 3.14. The first-order valence-corrected chi connectivity index (χ1v) is 18.0. The highest BCUT2D eigenvalue weighted by Gasteiger charge is 2.26. The van der Waals surface area contributed by atoms with Gasteiger partial charge in [-0.3, -0.25) is 19.9 Å². The smallest absolute Gasteiger partial charge is 0.326 e. The Morgan fingerprint density at radius 1 is 0.768 bits per heavy atom. The maximum absolute atomic E-state index is 12.2. The first-order valence-electron chi connectivity index (χ1n) is 18.0. The van der Waals surface area contributed by atoms with Gasteiger partial charge in [-0.1, -0.05) is 59.8 Å². The van der Waals surface area contributed by atoms with Crippen LogP contribution in [-0.4, -0.2) is 113 Å². The van der Waals surface area contributed by atoms with E-state index in [4.69, 9.17) is 29.2 Å². The summed E-state index contributed by atoms with van der Waals surface area (Å²) >= 11 is 0. The second-order valence-electron chi connectivity index (χ2n) is 12.5. The number of carboxylic acid groups (broad SMARTS) is 2. The average molecular weight is 776 g/mol. The number of aliphatic carboxylic acids is 2. The van der Waals surface area contributed by atoms with Crippen LogP contribution >= 0.6 is 0 Å². The molecule has 0 fully saturated rings. The molecule has 0 unspecified atom stereocenters. The molecule has 0 aliphatic carbocycles. The SMILES string of the molecule is O=C(O)C[C@H](NC(=O)Nc1ccc(CNC(=O)CCOCCOCCOCCOCCn2nnc3c2-c2ccccc2CN(O)c2ccccc2-3)cc1)C(=O)O. The number of fused-ring (bicyclic) bond motifs is 5. The standard InChI is InChI=1S/C38H45N7O11/c46-33(39-24-26-9-11-28(12-10-26)40-38(51)41-31(37(49)50)23-34(47)48)13-15-53-17-19-55-21-22-56-20-18-54-16-14-44-36-29-6-2-1-5-27(29)25-45(52)32-8-4-3-7-30(32)35(36)42-43-44/h1-12,31,52H,13-25H2,(H,39,46)(H,47,48)(H,49,50)(H2,40,41,51)/t31-/m0/s1. The highest BCUT2D eigenvalue weighted by molar-refractivity contribution is 5.93. The van der Waals surface area contributed by atoms with Gasteiger partial charge in [0.2, 0.25) is 5.91 Å². The molecule has 5 rings (SSSR count). The Bertz CT molecular complexity index is 1920. The van der Waals surface area contributed by atoms with Crippen LogP contribution in [-0.2, 0) is 53.0 Å². The number of benzene rings is 3. The number of rotatable bonds is 22. The molecule has 18 heteroatoms. The quantitative estimate of drug-likeness (QED) is 0.0630. The highest BCUT2D eigenvalue weighted by atomic mass is 16.6. The number of nitrogens with zero attached hydrogens (tertiary/aromatic N) is 4. The minimum absolute atomic E-state index is 0.160. The summed E-state index contributed by atoms with van der Waals surface area (Å²) in [6, 6.07) is 19.5. The second-order valence-corrected chi connectivity index (χ2v) is 12.5. The number of amides is 3. The third-order valence-electron chi connectivity index (χ3n) is 8.49. The first kappa shape index (κ1) is 41.2. The number of carbonyl (C=O) groups is 4. The molecule has 0 radical (unpaired) electrons. The largest absolute Gasteiger partial charge is 0.481 e. The third-order valence-corrected chi connectivity index (χ3v) is 8.49. The molecule has 0 saturated carbocycles. The zero-order valence-corrected chi connectivity index (χ0v) is 30.6. The van der Waals surface area contributed by atoms with E-state index in [1.165, 1.54) is 5.06 Å². The fourth-order valence-electron chi connectivity index (χ4n) is 5.73. The van der Waals surface area contributed by atoms with Gasteiger partial charge in [0.05, 0.1) is 83.7 Å². The molecule has 298 valence electrons. The monoisotopic (exact) mass is 775 g/mol. The Hall–Kier alpha value is -5.92. The number of nitrogens with one attached hydrogen (secondary N) is 3. The van der Waals surface area contributed by atoms with Crippen LogP contribution in [0.1, 0.15) is 24.0 Å². The van der Waals surface area contributed by atoms with Crippen molar-refractivity contribution in [1.82, 2.24) is 25.6 Å². The van der Waals surface area contributed by atoms with Crippen molar-refractivity contribution < 1.29 is 53.5 Å². The number of para-hydroxylation sites is 1. The van der Waals surface area contributed by atoms with Gasteiger partial charge in [-0.25, -0.2) is 14.3 Å². The molecule has 2 heterocycles. The maximum atomic E-state index is 12.2. The summed E-state index contributed by atoms with van der Waals surface area (Å²) in [5.41, 5.74) is 6.08. The minimum Gasteiger partial charge on any atom is -0.481 e. The van der Waals surface area contributed by atoms with E-state index in [1.807, 2.05) is 53.2 Å². The number of ether oxygens (including phenoxy) is 4. The summed E-state index contributed by atoms with van der Waals surface area (Å²) in [6.45, 7) is 3.94. The van der Waals surface area contributed by atoms with Crippen molar-refractivity contribution in [2.45, 2.75) is 38.5 Å². The number of aromatic nitrogens is 3. The van der Waals surface area contributed by atoms with Gasteiger partial charge in [-0.05, 0) is 29.3 Å². The molecule has 1 atom stereocenters. The first-order chi connectivity index (χ1) is 27.2. The number of carbonyl (C=O) groups excluding carboxylic acids is 2. The van der Waals surface area contributed by atoms with E-state index < -0.39 is 30.4 Å². The molecule has 3 amide bonds. The topological polar surface area (TPSA) is 236 Å². The third kappa shape index (κ3) is 12.3. The summed E-state index contributed by atoms with van der Waals surface area (Å²) in [5.74, 6) is -3.02. The fourth-order valence-corrected chi connectivity index (χ4v) is 5.73.